The number of rotatable bonds is 8. The van der Waals surface area contributed by atoms with E-state index in [1.165, 1.54) is 0 Å². The Hall–Kier alpha value is -1.14. The van der Waals surface area contributed by atoms with Crippen LogP contribution in [0.4, 0.5) is 0 Å². The molecule has 0 aromatic carbocycles. The molecule has 1 rings (SSSR count). The van der Waals surface area contributed by atoms with Crippen LogP contribution in [-0.2, 0) is 14.3 Å². The maximum Gasteiger partial charge on any atom is 0.325 e. The molecule has 1 amide bonds. The standard InChI is InChI=1S/C14H27N3O3/c1-3-20-14(19)11-17-9-6-12(4-5-13(17)18)10-16-8-7-15-2/h12,15-16H,3-11H2,1-2H3. The van der Waals surface area contributed by atoms with Gasteiger partial charge in [-0.2, -0.15) is 0 Å². The zero-order valence-corrected chi connectivity index (χ0v) is 12.6. The largest absolute Gasteiger partial charge is 0.465 e. The molecule has 0 aromatic rings. The Labute approximate surface area is 121 Å². The van der Waals surface area contributed by atoms with Gasteiger partial charge in [0, 0.05) is 26.1 Å². The Balaban J connectivity index is 2.32. The van der Waals surface area contributed by atoms with Crippen molar-refractivity contribution in [1.82, 2.24) is 15.5 Å². The van der Waals surface area contributed by atoms with Gasteiger partial charge in [0.25, 0.3) is 0 Å². The molecule has 6 heteroatoms. The molecule has 0 aromatic heterocycles. The summed E-state index contributed by atoms with van der Waals surface area (Å²) in [5, 5.41) is 6.48. The van der Waals surface area contributed by atoms with E-state index in [2.05, 4.69) is 10.6 Å². The molecule has 1 aliphatic rings. The fourth-order valence-electron chi connectivity index (χ4n) is 2.35. The van der Waals surface area contributed by atoms with E-state index in [0.29, 0.717) is 25.5 Å². The van der Waals surface area contributed by atoms with E-state index in [1.54, 1.807) is 11.8 Å². The lowest BCUT2D eigenvalue weighted by Gasteiger charge is -2.19. The van der Waals surface area contributed by atoms with Crippen LogP contribution < -0.4 is 10.6 Å². The van der Waals surface area contributed by atoms with Crippen LogP contribution in [0, 0.1) is 5.92 Å². The van der Waals surface area contributed by atoms with Crippen molar-refractivity contribution in [3.05, 3.63) is 0 Å². The van der Waals surface area contributed by atoms with Gasteiger partial charge in [-0.05, 0) is 39.3 Å². The molecule has 0 radical (unpaired) electrons. The summed E-state index contributed by atoms with van der Waals surface area (Å²) < 4.78 is 4.90. The molecular formula is C14H27N3O3. The van der Waals surface area contributed by atoms with Crippen LogP contribution in [0.2, 0.25) is 0 Å². The first-order chi connectivity index (χ1) is 9.67. The van der Waals surface area contributed by atoms with E-state index in [1.807, 2.05) is 7.05 Å². The third-order valence-corrected chi connectivity index (χ3v) is 3.54. The van der Waals surface area contributed by atoms with Crippen LogP contribution in [0.15, 0.2) is 0 Å². The van der Waals surface area contributed by atoms with Crippen LogP contribution >= 0.6 is 0 Å². The van der Waals surface area contributed by atoms with Crippen LogP contribution in [0.5, 0.6) is 0 Å². The minimum absolute atomic E-state index is 0.0655. The number of hydrogen-bond acceptors (Lipinski definition) is 5. The zero-order chi connectivity index (χ0) is 14.8. The molecule has 0 aliphatic carbocycles. The molecule has 1 saturated heterocycles. The highest BCUT2D eigenvalue weighted by Crippen LogP contribution is 2.17. The summed E-state index contributed by atoms with van der Waals surface area (Å²) >= 11 is 0. The summed E-state index contributed by atoms with van der Waals surface area (Å²) in [5.74, 6) is 0.255. The number of carbonyl (C=O) groups is 2. The number of amides is 1. The Morgan fingerprint density at radius 3 is 2.90 bits per heavy atom. The van der Waals surface area contributed by atoms with E-state index < -0.39 is 0 Å². The highest BCUT2D eigenvalue weighted by Gasteiger charge is 2.24. The maximum absolute atomic E-state index is 12.0. The summed E-state index contributed by atoms with van der Waals surface area (Å²) in [6, 6.07) is 0. The predicted molar refractivity (Wildman–Crippen MR) is 77.4 cm³/mol. The first-order valence-corrected chi connectivity index (χ1v) is 7.46. The van der Waals surface area contributed by atoms with Crippen molar-refractivity contribution in [2.24, 2.45) is 5.92 Å². The Morgan fingerprint density at radius 2 is 2.20 bits per heavy atom. The molecule has 1 atom stereocenters. The Bertz CT molecular complexity index is 310. The third kappa shape index (κ3) is 6.34. The van der Waals surface area contributed by atoms with Crippen molar-refractivity contribution < 1.29 is 14.3 Å². The van der Waals surface area contributed by atoms with Crippen molar-refractivity contribution in [2.75, 3.05) is 46.4 Å². The molecule has 116 valence electrons. The normalized spacial score (nSPS) is 19.8. The minimum atomic E-state index is -0.313. The molecule has 1 unspecified atom stereocenters. The van der Waals surface area contributed by atoms with Crippen molar-refractivity contribution in [2.45, 2.75) is 26.2 Å². The van der Waals surface area contributed by atoms with E-state index in [0.717, 1.165) is 32.5 Å². The summed E-state index contributed by atoms with van der Waals surface area (Å²) in [4.78, 5) is 25.1. The first kappa shape index (κ1) is 16.9. The van der Waals surface area contributed by atoms with Gasteiger partial charge in [0.2, 0.25) is 5.91 Å². The number of ether oxygens (including phenoxy) is 1. The number of hydrogen-bond donors (Lipinski definition) is 2. The monoisotopic (exact) mass is 285 g/mol. The van der Waals surface area contributed by atoms with Crippen LogP contribution in [0.25, 0.3) is 0 Å². The maximum atomic E-state index is 12.0. The van der Waals surface area contributed by atoms with E-state index in [4.69, 9.17) is 4.74 Å². The van der Waals surface area contributed by atoms with Crippen LogP contribution in [0.1, 0.15) is 26.2 Å². The highest BCUT2D eigenvalue weighted by molar-refractivity contribution is 5.82. The summed E-state index contributed by atoms with van der Waals surface area (Å²) in [6.07, 6.45) is 2.36. The Kier molecular flexibility index (Phi) is 8.22. The Morgan fingerprint density at radius 1 is 1.40 bits per heavy atom. The number of nitrogens with one attached hydrogen (secondary N) is 2. The molecule has 0 spiro atoms. The smallest absolute Gasteiger partial charge is 0.325 e. The average molecular weight is 285 g/mol. The number of nitrogens with zero attached hydrogens (tertiary/aromatic N) is 1. The van der Waals surface area contributed by atoms with Crippen molar-refractivity contribution >= 4 is 11.9 Å². The second kappa shape index (κ2) is 9.72. The second-order valence-corrected chi connectivity index (χ2v) is 5.12. The summed E-state index contributed by atoms with van der Waals surface area (Å²) in [6.45, 7) is 5.69. The summed E-state index contributed by atoms with van der Waals surface area (Å²) in [7, 11) is 1.93. The molecule has 0 saturated carbocycles. The number of likely N-dealkylation sites (tertiary alicyclic amines) is 1. The SMILES string of the molecule is CCOC(=O)CN1CCC(CNCCNC)CCC1=O. The molecule has 20 heavy (non-hydrogen) atoms. The second-order valence-electron chi connectivity index (χ2n) is 5.12. The number of esters is 1. The molecule has 1 fully saturated rings. The van der Waals surface area contributed by atoms with Crippen molar-refractivity contribution in [3.63, 3.8) is 0 Å². The fraction of sp³-hybridized carbons (Fsp3) is 0.857. The molecular weight excluding hydrogens is 258 g/mol. The minimum Gasteiger partial charge on any atom is -0.465 e. The fourth-order valence-corrected chi connectivity index (χ4v) is 2.35. The van der Waals surface area contributed by atoms with Crippen molar-refractivity contribution in [3.8, 4) is 0 Å². The lowest BCUT2D eigenvalue weighted by Crippen LogP contribution is -2.36. The average Bonchev–Trinajstić information content (AvgIpc) is 2.59. The van der Waals surface area contributed by atoms with Crippen molar-refractivity contribution in [1.29, 1.82) is 0 Å². The van der Waals surface area contributed by atoms with Crippen LogP contribution in [0.3, 0.4) is 0 Å². The quantitative estimate of drug-likeness (QED) is 0.485. The van der Waals surface area contributed by atoms with E-state index in [-0.39, 0.29) is 18.4 Å². The predicted octanol–water partition coefficient (Wildman–Crippen LogP) is -0.0128. The van der Waals surface area contributed by atoms with Gasteiger partial charge in [0.15, 0.2) is 0 Å². The van der Waals surface area contributed by atoms with E-state index in [9.17, 15) is 9.59 Å². The van der Waals surface area contributed by atoms with Crippen LogP contribution in [-0.4, -0.2) is 63.2 Å². The van der Waals surface area contributed by atoms with Gasteiger partial charge in [-0.25, -0.2) is 0 Å². The van der Waals surface area contributed by atoms with E-state index >= 15 is 0 Å². The zero-order valence-electron chi connectivity index (χ0n) is 12.6. The number of likely N-dealkylation sites (N-methyl/N-ethyl adjacent to an activating group) is 1. The third-order valence-electron chi connectivity index (χ3n) is 3.54. The van der Waals surface area contributed by atoms with Gasteiger partial charge < -0.3 is 20.3 Å². The molecule has 6 nitrogen and oxygen atoms in total. The lowest BCUT2D eigenvalue weighted by molar-refractivity contribution is -0.148. The van der Waals surface area contributed by atoms with Gasteiger partial charge in [-0.3, -0.25) is 9.59 Å². The first-order valence-electron chi connectivity index (χ1n) is 7.46. The summed E-state index contributed by atoms with van der Waals surface area (Å²) in [5.41, 5.74) is 0. The lowest BCUT2D eigenvalue weighted by atomic mass is 10.0. The molecule has 0 bridgehead atoms. The van der Waals surface area contributed by atoms with Gasteiger partial charge in [-0.1, -0.05) is 0 Å². The molecule has 1 aliphatic heterocycles. The van der Waals surface area contributed by atoms with Gasteiger partial charge in [0.1, 0.15) is 6.54 Å². The van der Waals surface area contributed by atoms with Gasteiger partial charge >= 0.3 is 5.97 Å². The number of carbonyl (C=O) groups excluding carboxylic acids is 2. The van der Waals surface area contributed by atoms with Gasteiger partial charge in [0.05, 0.1) is 6.61 Å². The topological polar surface area (TPSA) is 70.7 Å². The molecule has 2 N–H and O–H groups in total. The highest BCUT2D eigenvalue weighted by atomic mass is 16.5. The molecule has 1 heterocycles. The van der Waals surface area contributed by atoms with Gasteiger partial charge in [-0.15, -0.1) is 0 Å².